The molecule has 0 radical (unpaired) electrons. The van der Waals surface area contributed by atoms with Crippen molar-refractivity contribution in [1.29, 1.82) is 0 Å². The van der Waals surface area contributed by atoms with E-state index < -0.39 is 0 Å². The van der Waals surface area contributed by atoms with Crippen molar-refractivity contribution in [3.8, 4) is 0 Å². The molecule has 1 amide bonds. The molecule has 3 atom stereocenters. The van der Waals surface area contributed by atoms with Gasteiger partial charge in [-0.2, -0.15) is 11.3 Å². The molecule has 0 spiro atoms. The topological polar surface area (TPSA) is 42.0 Å². The third-order valence-corrected chi connectivity index (χ3v) is 5.70. The van der Waals surface area contributed by atoms with Gasteiger partial charge in [-0.1, -0.05) is 0 Å². The molecular formula is C16H22N2O3S. The molecule has 0 aromatic carbocycles. The van der Waals surface area contributed by atoms with Crippen LogP contribution < -0.4 is 0 Å². The summed E-state index contributed by atoms with van der Waals surface area (Å²) in [4.78, 5) is 20.7. The van der Waals surface area contributed by atoms with Crippen LogP contribution >= 0.6 is 11.3 Å². The lowest BCUT2D eigenvalue weighted by molar-refractivity contribution is -0.179. The Kier molecular flexibility index (Phi) is 4.17. The predicted molar refractivity (Wildman–Crippen MR) is 83.2 cm³/mol. The number of ether oxygens (including phenoxy) is 1. The normalized spacial score (nSPS) is 32.4. The van der Waals surface area contributed by atoms with Gasteiger partial charge in [-0.15, -0.1) is 0 Å². The molecule has 22 heavy (non-hydrogen) atoms. The van der Waals surface area contributed by atoms with Gasteiger partial charge in [-0.3, -0.25) is 14.5 Å². The highest BCUT2D eigenvalue weighted by atomic mass is 32.1. The number of thiophene rings is 1. The Balaban J connectivity index is 1.49. The molecule has 4 rings (SSSR count). The van der Waals surface area contributed by atoms with E-state index in [0.29, 0.717) is 12.5 Å². The van der Waals surface area contributed by atoms with Gasteiger partial charge in [-0.05, 0) is 35.2 Å². The van der Waals surface area contributed by atoms with E-state index in [1.807, 2.05) is 0 Å². The summed E-state index contributed by atoms with van der Waals surface area (Å²) in [6.45, 7) is 4.84. The Hall–Kier alpha value is -0.950. The van der Waals surface area contributed by atoms with Gasteiger partial charge in [0.1, 0.15) is 0 Å². The minimum atomic E-state index is 0.0120. The smallest absolute Gasteiger partial charge is 0.250 e. The van der Waals surface area contributed by atoms with Gasteiger partial charge in [0, 0.05) is 32.2 Å². The Labute approximate surface area is 134 Å². The average Bonchev–Trinajstić information content (AvgIpc) is 3.27. The van der Waals surface area contributed by atoms with E-state index in [1.54, 1.807) is 16.4 Å². The van der Waals surface area contributed by atoms with E-state index in [4.69, 9.17) is 9.57 Å². The number of rotatable bonds is 3. The first-order chi connectivity index (χ1) is 10.8. The van der Waals surface area contributed by atoms with Gasteiger partial charge in [0.2, 0.25) is 0 Å². The molecule has 3 fully saturated rings. The summed E-state index contributed by atoms with van der Waals surface area (Å²) in [5, 5.41) is 5.88. The highest BCUT2D eigenvalue weighted by Gasteiger charge is 2.45. The quantitative estimate of drug-likeness (QED) is 0.850. The first kappa shape index (κ1) is 14.6. The molecule has 1 aromatic heterocycles. The minimum absolute atomic E-state index is 0.0120. The molecule has 4 heterocycles. The second-order valence-corrected chi connectivity index (χ2v) is 7.20. The molecule has 0 bridgehead atoms. The lowest BCUT2D eigenvalue weighted by Crippen LogP contribution is -2.52. The molecule has 0 unspecified atom stereocenters. The zero-order valence-corrected chi connectivity index (χ0v) is 13.5. The number of carbonyl (C=O) groups is 1. The van der Waals surface area contributed by atoms with E-state index in [1.165, 1.54) is 5.56 Å². The van der Waals surface area contributed by atoms with Gasteiger partial charge in [-0.25, -0.2) is 5.06 Å². The zero-order valence-electron chi connectivity index (χ0n) is 12.6. The molecule has 0 aliphatic carbocycles. The van der Waals surface area contributed by atoms with Crippen LogP contribution in [0.15, 0.2) is 16.8 Å². The first-order valence-electron chi connectivity index (χ1n) is 8.10. The van der Waals surface area contributed by atoms with Crippen LogP contribution in [-0.4, -0.2) is 54.8 Å². The van der Waals surface area contributed by atoms with Crippen molar-refractivity contribution in [3.63, 3.8) is 0 Å². The van der Waals surface area contributed by atoms with E-state index in [9.17, 15) is 4.79 Å². The van der Waals surface area contributed by atoms with Gasteiger partial charge < -0.3 is 4.74 Å². The number of likely N-dealkylation sites (tertiary alicyclic amines) is 1. The lowest BCUT2D eigenvalue weighted by atomic mass is 9.82. The van der Waals surface area contributed by atoms with Crippen molar-refractivity contribution in [3.05, 3.63) is 22.4 Å². The highest BCUT2D eigenvalue weighted by molar-refractivity contribution is 7.07. The number of nitrogens with zero attached hydrogens (tertiary/aromatic N) is 2. The van der Waals surface area contributed by atoms with Crippen LogP contribution in [0.1, 0.15) is 18.4 Å². The Bertz CT molecular complexity index is 515. The van der Waals surface area contributed by atoms with Crippen LogP contribution in [0.25, 0.3) is 0 Å². The first-order valence-corrected chi connectivity index (χ1v) is 9.05. The maximum atomic E-state index is 12.8. The summed E-state index contributed by atoms with van der Waals surface area (Å²) in [6, 6.07) is 2.16. The number of hydrogen-bond donors (Lipinski definition) is 0. The van der Waals surface area contributed by atoms with E-state index in [0.717, 1.165) is 45.6 Å². The molecule has 3 aliphatic heterocycles. The summed E-state index contributed by atoms with van der Waals surface area (Å²) >= 11 is 1.72. The molecule has 1 aromatic rings. The molecule has 3 saturated heterocycles. The van der Waals surface area contributed by atoms with Gasteiger partial charge in [0.05, 0.1) is 25.2 Å². The lowest BCUT2D eigenvalue weighted by Gasteiger charge is -2.40. The Morgan fingerprint density at radius 1 is 1.36 bits per heavy atom. The SMILES string of the molecule is O=C([C@H]1CN(Cc2ccsc2)C[C@H]2OCC[C@@H]12)N1CCCO1. The van der Waals surface area contributed by atoms with Gasteiger partial charge in [0.15, 0.2) is 0 Å². The van der Waals surface area contributed by atoms with Crippen molar-refractivity contribution >= 4 is 17.2 Å². The van der Waals surface area contributed by atoms with Gasteiger partial charge in [0.25, 0.3) is 5.91 Å². The van der Waals surface area contributed by atoms with Crippen LogP contribution in [0.2, 0.25) is 0 Å². The van der Waals surface area contributed by atoms with Crippen LogP contribution in [-0.2, 0) is 20.9 Å². The average molecular weight is 322 g/mol. The number of amides is 1. The van der Waals surface area contributed by atoms with Crippen LogP contribution in [0.4, 0.5) is 0 Å². The van der Waals surface area contributed by atoms with E-state index in [-0.39, 0.29) is 17.9 Å². The summed E-state index contributed by atoms with van der Waals surface area (Å²) < 4.78 is 5.90. The molecule has 3 aliphatic rings. The van der Waals surface area contributed by atoms with Crippen LogP contribution in [0, 0.1) is 11.8 Å². The molecule has 0 N–H and O–H groups in total. The third kappa shape index (κ3) is 2.80. The van der Waals surface area contributed by atoms with Gasteiger partial charge >= 0.3 is 0 Å². The fourth-order valence-electron chi connectivity index (χ4n) is 3.89. The standard InChI is InChI=1S/C16H22N2O3S/c19-16(18-4-1-5-21-18)14-9-17(8-12-3-7-22-11-12)10-15-13(14)2-6-20-15/h3,7,11,13-15H,1-2,4-6,8-10H2/t13-,14-,15+/m0/s1. The van der Waals surface area contributed by atoms with Crippen molar-refractivity contribution in [1.82, 2.24) is 9.96 Å². The maximum Gasteiger partial charge on any atom is 0.250 e. The Morgan fingerprint density at radius 3 is 3.09 bits per heavy atom. The second kappa shape index (κ2) is 6.28. The maximum absolute atomic E-state index is 12.8. The number of piperidine rings is 1. The van der Waals surface area contributed by atoms with Crippen LogP contribution in [0.3, 0.4) is 0 Å². The number of hydrogen-bond acceptors (Lipinski definition) is 5. The summed E-state index contributed by atoms with van der Waals surface area (Å²) in [5.74, 6) is 0.529. The van der Waals surface area contributed by atoms with Crippen molar-refractivity contribution in [2.75, 3.05) is 32.8 Å². The number of carbonyl (C=O) groups excluding carboxylic acids is 1. The van der Waals surface area contributed by atoms with Crippen molar-refractivity contribution in [2.24, 2.45) is 11.8 Å². The highest BCUT2D eigenvalue weighted by Crippen LogP contribution is 2.35. The molecule has 120 valence electrons. The zero-order chi connectivity index (χ0) is 14.9. The molecule has 0 saturated carbocycles. The Morgan fingerprint density at radius 2 is 2.32 bits per heavy atom. The fourth-order valence-corrected chi connectivity index (χ4v) is 4.55. The van der Waals surface area contributed by atoms with Crippen LogP contribution in [0.5, 0.6) is 0 Å². The number of hydroxylamine groups is 2. The predicted octanol–water partition coefficient (Wildman–Crippen LogP) is 1.75. The molecule has 6 heteroatoms. The third-order valence-electron chi connectivity index (χ3n) is 4.97. The molecule has 5 nitrogen and oxygen atoms in total. The second-order valence-electron chi connectivity index (χ2n) is 6.42. The van der Waals surface area contributed by atoms with E-state index in [2.05, 4.69) is 21.7 Å². The summed E-state index contributed by atoms with van der Waals surface area (Å²) in [5.41, 5.74) is 1.32. The summed E-state index contributed by atoms with van der Waals surface area (Å²) in [6.07, 6.45) is 2.15. The minimum Gasteiger partial charge on any atom is -0.377 e. The molecular weight excluding hydrogens is 300 g/mol. The fraction of sp³-hybridized carbons (Fsp3) is 0.688. The largest absolute Gasteiger partial charge is 0.377 e. The van der Waals surface area contributed by atoms with Crippen molar-refractivity contribution in [2.45, 2.75) is 25.5 Å². The van der Waals surface area contributed by atoms with Crippen molar-refractivity contribution < 1.29 is 14.4 Å². The monoisotopic (exact) mass is 322 g/mol. The summed E-state index contributed by atoms with van der Waals surface area (Å²) in [7, 11) is 0. The number of fused-ring (bicyclic) bond motifs is 1. The van der Waals surface area contributed by atoms with E-state index >= 15 is 0 Å².